The van der Waals surface area contributed by atoms with Crippen LogP contribution < -0.4 is 0 Å². The summed E-state index contributed by atoms with van der Waals surface area (Å²) in [5.41, 5.74) is 2.00. The van der Waals surface area contributed by atoms with Crippen molar-refractivity contribution in [3.05, 3.63) is 25.8 Å². The zero-order chi connectivity index (χ0) is 8.28. The zero-order valence-corrected chi connectivity index (χ0v) is 6.05. The van der Waals surface area contributed by atoms with E-state index in [1.807, 2.05) is 23.3 Å². The van der Waals surface area contributed by atoms with Crippen molar-refractivity contribution in [1.29, 1.82) is 0 Å². The average molecular weight is 122 g/mol. The summed E-state index contributed by atoms with van der Waals surface area (Å²) in [5.74, 6) is -0.981. The van der Waals surface area contributed by atoms with Crippen LogP contribution in [0.25, 0.3) is 0 Å². The van der Waals surface area contributed by atoms with Gasteiger partial charge in [-0.2, -0.15) is 0 Å². The molecule has 0 saturated carbocycles. The molecular formula is C6H11LiO2. The molecule has 0 bridgehead atoms. The third kappa shape index (κ3) is 97.0. The van der Waals surface area contributed by atoms with E-state index in [0.29, 0.717) is 0 Å². The van der Waals surface area contributed by atoms with E-state index in [1.54, 1.807) is 0 Å². The minimum atomic E-state index is -0.981. The molecule has 0 heterocycles. The van der Waals surface area contributed by atoms with E-state index in [2.05, 4.69) is 19.7 Å². The van der Waals surface area contributed by atoms with Gasteiger partial charge in [-0.05, 0) is 0 Å². The van der Waals surface area contributed by atoms with Crippen molar-refractivity contribution in [2.45, 2.75) is 5.60 Å². The summed E-state index contributed by atoms with van der Waals surface area (Å²) in [6, 6.07) is 0. The van der Waals surface area contributed by atoms with E-state index in [4.69, 9.17) is 5.11 Å². The van der Waals surface area contributed by atoms with Crippen LogP contribution >= 0.6 is 0 Å². The third-order valence-electron chi connectivity index (χ3n) is 0.175. The molecule has 0 spiro atoms. The molecule has 0 amide bonds. The maximum absolute atomic E-state index is 9.25. The van der Waals surface area contributed by atoms with Gasteiger partial charge in [0.2, 0.25) is 0 Å². The van der Waals surface area contributed by atoms with Crippen LogP contribution in [0.2, 0.25) is 5.60 Å². The number of rotatable bonds is 1. The molecule has 0 atom stereocenters. The Bertz CT molecular complexity index is 71.5. The van der Waals surface area contributed by atoms with Gasteiger partial charge in [-0.25, -0.2) is 4.79 Å². The SMILES string of the molecule is C=C.C=CC(=O)O.[Li][CH3]. The molecule has 0 aromatic carbocycles. The first-order chi connectivity index (χ1) is 4.27. The van der Waals surface area contributed by atoms with Crippen LogP contribution in [0.4, 0.5) is 0 Å². The summed E-state index contributed by atoms with van der Waals surface area (Å²) < 4.78 is 0. The molecule has 0 radical (unpaired) electrons. The Labute approximate surface area is 65.5 Å². The summed E-state index contributed by atoms with van der Waals surface area (Å²) >= 11 is 2.00. The maximum atomic E-state index is 9.25. The molecule has 1 N–H and O–H groups in total. The fraction of sp³-hybridized carbons (Fsp3) is 0.167. The normalized spacial score (nSPS) is 4.78. The second-order valence-electron chi connectivity index (χ2n) is 0.542. The Morgan fingerprint density at radius 1 is 1.56 bits per heavy atom. The number of carboxylic acids is 1. The molecular weight excluding hydrogens is 111 g/mol. The molecule has 0 unspecified atom stereocenters. The molecule has 9 heavy (non-hydrogen) atoms. The van der Waals surface area contributed by atoms with Gasteiger partial charge >= 0.3 is 29.3 Å². The van der Waals surface area contributed by atoms with Gasteiger partial charge < -0.3 is 5.11 Å². The Morgan fingerprint density at radius 2 is 1.67 bits per heavy atom. The monoisotopic (exact) mass is 122 g/mol. The van der Waals surface area contributed by atoms with Crippen LogP contribution in [0, 0.1) is 0 Å². The molecule has 0 aromatic heterocycles. The summed E-state index contributed by atoms with van der Waals surface area (Å²) in [6.07, 6.45) is 0.833. The Balaban J connectivity index is -0.0000000771. The predicted octanol–water partition coefficient (Wildman–Crippen LogP) is 1.26. The topological polar surface area (TPSA) is 37.3 Å². The van der Waals surface area contributed by atoms with E-state index in [0.717, 1.165) is 6.08 Å². The molecule has 0 aromatic rings. The van der Waals surface area contributed by atoms with E-state index in [-0.39, 0.29) is 0 Å². The van der Waals surface area contributed by atoms with Crippen LogP contribution in [0.15, 0.2) is 25.8 Å². The quantitative estimate of drug-likeness (QED) is 0.323. The van der Waals surface area contributed by atoms with Gasteiger partial charge in [-0.3, -0.25) is 0 Å². The first-order valence-electron chi connectivity index (χ1n) is 2.62. The molecule has 0 aliphatic heterocycles. The predicted molar refractivity (Wildman–Crippen MR) is 40.7 cm³/mol. The fourth-order valence-corrected chi connectivity index (χ4v) is 0. The number of carbonyl (C=O) groups is 1. The molecule has 0 fully saturated rings. The molecule has 3 heteroatoms. The molecule has 48 valence electrons. The molecule has 2 nitrogen and oxygen atoms in total. The van der Waals surface area contributed by atoms with Crippen LogP contribution in [-0.2, 0) is 4.79 Å². The van der Waals surface area contributed by atoms with Crippen molar-refractivity contribution in [3.63, 3.8) is 0 Å². The van der Waals surface area contributed by atoms with Crippen molar-refractivity contribution in [3.8, 4) is 0 Å². The summed E-state index contributed by atoms with van der Waals surface area (Å²) in [7, 11) is 0. The summed E-state index contributed by atoms with van der Waals surface area (Å²) in [4.78, 5) is 9.25. The standard InChI is InChI=1S/C3H4O2.C2H4.CH3.Li/c1-2-3(4)5;1-2;;/h2H,1H2,(H,4,5);1-2H2;1H3;. The number of aliphatic carboxylic acids is 1. The Hall–Kier alpha value is -0.453. The van der Waals surface area contributed by atoms with Crippen LogP contribution in [0.3, 0.4) is 0 Å². The average Bonchev–Trinajstić information content (AvgIpc) is 1.97. The van der Waals surface area contributed by atoms with E-state index < -0.39 is 5.97 Å². The van der Waals surface area contributed by atoms with Gasteiger partial charge in [0.15, 0.2) is 0 Å². The van der Waals surface area contributed by atoms with Crippen LogP contribution in [-0.4, -0.2) is 28.8 Å². The van der Waals surface area contributed by atoms with Gasteiger partial charge in [0.25, 0.3) is 0 Å². The van der Waals surface area contributed by atoms with Crippen LogP contribution in [0.1, 0.15) is 0 Å². The molecule has 0 rings (SSSR count). The van der Waals surface area contributed by atoms with E-state index in [1.165, 1.54) is 0 Å². The number of carboxylic acid groups (broad SMARTS) is 1. The van der Waals surface area contributed by atoms with Crippen molar-refractivity contribution < 1.29 is 9.90 Å². The van der Waals surface area contributed by atoms with E-state index >= 15 is 0 Å². The first kappa shape index (κ1) is 15.8. The first-order valence-corrected chi connectivity index (χ1v) is 2.62. The van der Waals surface area contributed by atoms with Gasteiger partial charge in [-0.1, -0.05) is 6.58 Å². The van der Waals surface area contributed by atoms with Crippen molar-refractivity contribution in [1.82, 2.24) is 0 Å². The third-order valence-corrected chi connectivity index (χ3v) is 0.175. The van der Waals surface area contributed by atoms with E-state index in [9.17, 15) is 4.79 Å². The zero-order valence-electron chi connectivity index (χ0n) is 6.05. The van der Waals surface area contributed by atoms with Crippen molar-refractivity contribution in [2.24, 2.45) is 0 Å². The summed E-state index contributed by atoms with van der Waals surface area (Å²) in [6.45, 7) is 8.96. The minimum absolute atomic E-state index is 0.833. The second-order valence-corrected chi connectivity index (χ2v) is 0.542. The second kappa shape index (κ2) is 25.7. The van der Waals surface area contributed by atoms with Gasteiger partial charge in [0, 0.05) is 6.08 Å². The van der Waals surface area contributed by atoms with Gasteiger partial charge in [0.05, 0.1) is 0 Å². The van der Waals surface area contributed by atoms with Crippen molar-refractivity contribution in [2.75, 3.05) is 0 Å². The molecule has 0 aliphatic carbocycles. The van der Waals surface area contributed by atoms with Gasteiger partial charge in [-0.15, -0.1) is 13.2 Å². The molecule has 0 saturated heterocycles. The van der Waals surface area contributed by atoms with Crippen LogP contribution in [0.5, 0.6) is 0 Å². The molecule has 0 aliphatic rings. The Morgan fingerprint density at radius 3 is 1.67 bits per heavy atom. The van der Waals surface area contributed by atoms with Crippen molar-refractivity contribution >= 4 is 23.7 Å². The summed E-state index contributed by atoms with van der Waals surface area (Å²) in [5, 5.41) is 7.60. The number of hydrogen-bond donors (Lipinski definition) is 1. The van der Waals surface area contributed by atoms with Gasteiger partial charge in [0.1, 0.15) is 0 Å². The Kier molecular flexibility index (Phi) is 45.2. The number of hydrogen-bond acceptors (Lipinski definition) is 1. The fourth-order valence-electron chi connectivity index (χ4n) is 0.